The Morgan fingerprint density at radius 2 is 2.24 bits per heavy atom. The molecule has 1 unspecified atom stereocenters. The minimum atomic E-state index is -0.522. The molecule has 17 heavy (non-hydrogen) atoms. The first-order valence-corrected chi connectivity index (χ1v) is 6.26. The maximum absolute atomic E-state index is 9.64. The third-order valence-electron chi connectivity index (χ3n) is 2.11. The molecule has 0 saturated carbocycles. The Labute approximate surface area is 110 Å². The fourth-order valence-corrected chi connectivity index (χ4v) is 1.65. The third-order valence-corrected chi connectivity index (χ3v) is 2.60. The molecule has 0 saturated heterocycles. The normalized spacial score (nSPS) is 12.4. The van der Waals surface area contributed by atoms with Gasteiger partial charge in [0.2, 0.25) is 0 Å². The van der Waals surface area contributed by atoms with Crippen molar-refractivity contribution in [1.82, 2.24) is 0 Å². The first kappa shape index (κ1) is 14.4. The number of rotatable bonds is 8. The van der Waals surface area contributed by atoms with Crippen molar-refractivity contribution >= 4 is 21.6 Å². The lowest BCUT2D eigenvalue weighted by molar-refractivity contribution is 0.0182. The minimum absolute atomic E-state index is 0.310. The highest BCUT2D eigenvalue weighted by molar-refractivity contribution is 9.10. The second kappa shape index (κ2) is 8.47. The van der Waals surface area contributed by atoms with E-state index in [1.165, 1.54) is 0 Å². The van der Waals surface area contributed by atoms with Crippen LogP contribution in [0.25, 0.3) is 0 Å². The molecule has 0 radical (unpaired) electrons. The van der Waals surface area contributed by atoms with Crippen LogP contribution in [0.2, 0.25) is 0 Å². The molecule has 1 aromatic rings. The number of benzene rings is 1. The van der Waals surface area contributed by atoms with E-state index in [2.05, 4.69) is 21.2 Å². The van der Waals surface area contributed by atoms with Crippen LogP contribution in [0, 0.1) is 0 Å². The molecule has 1 aromatic carbocycles. The van der Waals surface area contributed by atoms with E-state index < -0.39 is 6.10 Å². The molecule has 2 N–H and O–H groups in total. The van der Waals surface area contributed by atoms with E-state index in [0.717, 1.165) is 10.2 Å². The topological polar surface area (TPSA) is 50.7 Å². The summed E-state index contributed by atoms with van der Waals surface area (Å²) in [5, 5.41) is 12.8. The summed E-state index contributed by atoms with van der Waals surface area (Å²) >= 11 is 3.39. The molecule has 1 rings (SSSR count). The SMILES string of the molecule is COCCOCC(O)CNc1cccc(Br)c1. The van der Waals surface area contributed by atoms with E-state index >= 15 is 0 Å². The Balaban J connectivity index is 2.17. The van der Waals surface area contributed by atoms with Crippen molar-refractivity contribution in [2.45, 2.75) is 6.10 Å². The number of halogens is 1. The van der Waals surface area contributed by atoms with Gasteiger partial charge >= 0.3 is 0 Å². The number of methoxy groups -OCH3 is 1. The fourth-order valence-electron chi connectivity index (χ4n) is 1.25. The molecule has 0 aliphatic heterocycles. The summed E-state index contributed by atoms with van der Waals surface area (Å²) in [5.41, 5.74) is 0.968. The standard InChI is InChI=1S/C12H18BrNO3/c1-16-5-6-17-9-12(15)8-14-11-4-2-3-10(13)7-11/h2-4,7,12,14-15H,5-6,8-9H2,1H3. The van der Waals surface area contributed by atoms with Gasteiger partial charge < -0.3 is 19.9 Å². The zero-order chi connectivity index (χ0) is 12.5. The number of aliphatic hydroxyl groups is 1. The highest BCUT2D eigenvalue weighted by atomic mass is 79.9. The van der Waals surface area contributed by atoms with Gasteiger partial charge in [-0.05, 0) is 18.2 Å². The molecular formula is C12H18BrNO3. The predicted molar refractivity (Wildman–Crippen MR) is 71.3 cm³/mol. The molecule has 1 atom stereocenters. The molecule has 0 aliphatic rings. The fraction of sp³-hybridized carbons (Fsp3) is 0.500. The van der Waals surface area contributed by atoms with E-state index in [9.17, 15) is 5.11 Å². The third kappa shape index (κ3) is 6.63. The van der Waals surface area contributed by atoms with Gasteiger partial charge in [-0.25, -0.2) is 0 Å². The zero-order valence-electron chi connectivity index (χ0n) is 9.86. The van der Waals surface area contributed by atoms with Crippen molar-refractivity contribution in [1.29, 1.82) is 0 Å². The maximum Gasteiger partial charge on any atom is 0.0945 e. The molecule has 0 heterocycles. The molecular weight excluding hydrogens is 286 g/mol. The first-order valence-electron chi connectivity index (χ1n) is 5.46. The van der Waals surface area contributed by atoms with Gasteiger partial charge in [-0.2, -0.15) is 0 Å². The Morgan fingerprint density at radius 3 is 2.94 bits per heavy atom. The van der Waals surface area contributed by atoms with Crippen LogP contribution >= 0.6 is 15.9 Å². The van der Waals surface area contributed by atoms with Crippen LogP contribution in [0.3, 0.4) is 0 Å². The molecule has 0 fully saturated rings. The van der Waals surface area contributed by atoms with E-state index in [4.69, 9.17) is 9.47 Å². The zero-order valence-corrected chi connectivity index (χ0v) is 11.4. The molecule has 96 valence electrons. The molecule has 4 nitrogen and oxygen atoms in total. The Morgan fingerprint density at radius 1 is 1.41 bits per heavy atom. The Kier molecular flexibility index (Phi) is 7.19. The summed E-state index contributed by atoms with van der Waals surface area (Å²) in [4.78, 5) is 0. The lowest BCUT2D eigenvalue weighted by atomic mass is 10.3. The molecule has 0 amide bonds. The number of hydrogen-bond donors (Lipinski definition) is 2. The number of aliphatic hydroxyl groups excluding tert-OH is 1. The molecule has 0 aliphatic carbocycles. The summed E-state index contributed by atoms with van der Waals surface area (Å²) in [6, 6.07) is 7.80. The van der Waals surface area contributed by atoms with Gasteiger partial charge in [0.25, 0.3) is 0 Å². The van der Waals surface area contributed by atoms with Crippen molar-refractivity contribution < 1.29 is 14.6 Å². The van der Waals surface area contributed by atoms with Crippen LogP contribution < -0.4 is 5.32 Å². The van der Waals surface area contributed by atoms with Crippen molar-refractivity contribution in [3.63, 3.8) is 0 Å². The number of nitrogens with one attached hydrogen (secondary N) is 1. The van der Waals surface area contributed by atoms with Gasteiger partial charge in [-0.3, -0.25) is 0 Å². The second-order valence-corrected chi connectivity index (χ2v) is 4.53. The van der Waals surface area contributed by atoms with E-state index in [-0.39, 0.29) is 0 Å². The summed E-state index contributed by atoms with van der Waals surface area (Å²) in [7, 11) is 1.62. The first-order chi connectivity index (χ1) is 8.22. The van der Waals surface area contributed by atoms with Gasteiger partial charge in [0.05, 0.1) is 25.9 Å². The maximum atomic E-state index is 9.64. The average molecular weight is 304 g/mol. The van der Waals surface area contributed by atoms with Gasteiger partial charge in [-0.1, -0.05) is 22.0 Å². The molecule has 0 aromatic heterocycles. The van der Waals surface area contributed by atoms with E-state index in [0.29, 0.717) is 26.4 Å². The Bertz CT molecular complexity index is 322. The minimum Gasteiger partial charge on any atom is -0.389 e. The van der Waals surface area contributed by atoms with E-state index in [1.54, 1.807) is 7.11 Å². The molecule has 0 bridgehead atoms. The summed E-state index contributed by atoms with van der Waals surface area (Å²) in [6.45, 7) is 1.82. The average Bonchev–Trinajstić information content (AvgIpc) is 2.32. The van der Waals surface area contributed by atoms with Crippen LogP contribution in [0.1, 0.15) is 0 Å². The summed E-state index contributed by atoms with van der Waals surface area (Å²) < 4.78 is 11.1. The molecule has 5 heteroatoms. The lowest BCUT2D eigenvalue weighted by Crippen LogP contribution is -2.25. The van der Waals surface area contributed by atoms with Crippen molar-refractivity contribution in [3.05, 3.63) is 28.7 Å². The smallest absolute Gasteiger partial charge is 0.0945 e. The predicted octanol–water partition coefficient (Wildman–Crippen LogP) is 1.88. The van der Waals surface area contributed by atoms with Gasteiger partial charge in [0.15, 0.2) is 0 Å². The highest BCUT2D eigenvalue weighted by Gasteiger charge is 2.03. The van der Waals surface area contributed by atoms with Crippen molar-refractivity contribution in [3.8, 4) is 0 Å². The van der Waals surface area contributed by atoms with Gasteiger partial charge in [-0.15, -0.1) is 0 Å². The number of anilines is 1. The van der Waals surface area contributed by atoms with Gasteiger partial charge in [0, 0.05) is 23.8 Å². The highest BCUT2D eigenvalue weighted by Crippen LogP contribution is 2.15. The van der Waals surface area contributed by atoms with Crippen LogP contribution in [-0.4, -0.2) is 44.7 Å². The largest absolute Gasteiger partial charge is 0.389 e. The van der Waals surface area contributed by atoms with Crippen molar-refractivity contribution in [2.24, 2.45) is 0 Å². The quantitative estimate of drug-likeness (QED) is 0.720. The van der Waals surface area contributed by atoms with E-state index in [1.807, 2.05) is 24.3 Å². The number of ether oxygens (including phenoxy) is 2. The second-order valence-electron chi connectivity index (χ2n) is 3.61. The van der Waals surface area contributed by atoms with Crippen LogP contribution in [0.15, 0.2) is 28.7 Å². The lowest BCUT2D eigenvalue weighted by Gasteiger charge is -2.13. The van der Waals surface area contributed by atoms with Gasteiger partial charge in [0.1, 0.15) is 0 Å². The monoisotopic (exact) mass is 303 g/mol. The Hall–Kier alpha value is -0.620. The van der Waals surface area contributed by atoms with Crippen LogP contribution in [0.4, 0.5) is 5.69 Å². The van der Waals surface area contributed by atoms with Crippen LogP contribution in [0.5, 0.6) is 0 Å². The molecule has 0 spiro atoms. The number of hydrogen-bond acceptors (Lipinski definition) is 4. The van der Waals surface area contributed by atoms with Crippen molar-refractivity contribution in [2.75, 3.05) is 38.8 Å². The summed E-state index contributed by atoms with van der Waals surface area (Å²) in [6.07, 6.45) is -0.522. The van der Waals surface area contributed by atoms with Crippen LogP contribution in [-0.2, 0) is 9.47 Å². The summed E-state index contributed by atoms with van der Waals surface area (Å²) in [5.74, 6) is 0.